The molecule has 0 fully saturated rings. The minimum atomic E-state index is -0.128. The molecule has 0 radical (unpaired) electrons. The van der Waals surface area contributed by atoms with E-state index in [9.17, 15) is 4.79 Å². The summed E-state index contributed by atoms with van der Waals surface area (Å²) in [6.07, 6.45) is 2.95. The van der Waals surface area contributed by atoms with Crippen molar-refractivity contribution in [2.45, 2.75) is 50.4 Å². The van der Waals surface area contributed by atoms with Gasteiger partial charge in [-0.1, -0.05) is 17.7 Å². The summed E-state index contributed by atoms with van der Waals surface area (Å²) >= 11 is 1.59. The van der Waals surface area contributed by atoms with Crippen molar-refractivity contribution < 1.29 is 4.79 Å². The number of fused-ring (bicyclic) bond motifs is 1. The molecule has 2 aromatic rings. The maximum atomic E-state index is 12.5. The molecule has 4 nitrogen and oxygen atoms in total. The highest BCUT2D eigenvalue weighted by Crippen LogP contribution is 2.24. The van der Waals surface area contributed by atoms with E-state index in [2.05, 4.69) is 46.8 Å². The second-order valence-corrected chi connectivity index (χ2v) is 7.96. The summed E-state index contributed by atoms with van der Waals surface area (Å²) in [6.45, 7) is 8.45. The first kappa shape index (κ1) is 18.0. The maximum absolute atomic E-state index is 12.5. The van der Waals surface area contributed by atoms with E-state index in [1.807, 2.05) is 20.0 Å². The van der Waals surface area contributed by atoms with E-state index in [-0.39, 0.29) is 11.2 Å². The molecule has 5 heteroatoms. The van der Waals surface area contributed by atoms with Gasteiger partial charge in [0.05, 0.1) is 5.25 Å². The van der Waals surface area contributed by atoms with Crippen molar-refractivity contribution in [3.05, 3.63) is 58.4 Å². The molecule has 0 saturated carbocycles. The van der Waals surface area contributed by atoms with Crippen LogP contribution in [0.4, 0.5) is 0 Å². The topological polar surface area (TPSA) is 54.0 Å². The minimum Gasteiger partial charge on any atom is -0.351 e. The Morgan fingerprint density at radius 2 is 2.08 bits per heavy atom. The number of hydrogen-bond donors (Lipinski definition) is 2. The van der Waals surface area contributed by atoms with E-state index >= 15 is 0 Å². The zero-order valence-corrected chi connectivity index (χ0v) is 15.9. The van der Waals surface area contributed by atoms with Crippen molar-refractivity contribution in [3.8, 4) is 0 Å². The number of hydrogen-bond acceptors (Lipinski definition) is 4. The molecule has 132 valence electrons. The van der Waals surface area contributed by atoms with Gasteiger partial charge in [0.2, 0.25) is 5.91 Å². The molecule has 0 spiro atoms. The summed E-state index contributed by atoms with van der Waals surface area (Å²) in [5.74, 6) is 0.0662. The largest absolute Gasteiger partial charge is 0.351 e. The molecule has 0 aliphatic carbocycles. The highest BCUT2D eigenvalue weighted by atomic mass is 32.2. The number of nitrogens with one attached hydrogen (secondary N) is 2. The van der Waals surface area contributed by atoms with Gasteiger partial charge in [0.1, 0.15) is 0 Å². The molecule has 1 amide bonds. The fourth-order valence-electron chi connectivity index (χ4n) is 3.07. The smallest absolute Gasteiger partial charge is 0.233 e. The third-order valence-corrected chi connectivity index (χ3v) is 5.72. The zero-order valence-electron chi connectivity index (χ0n) is 15.1. The Labute approximate surface area is 153 Å². The second kappa shape index (κ2) is 8.02. The third kappa shape index (κ3) is 4.41. The van der Waals surface area contributed by atoms with Crippen LogP contribution in [0.15, 0.2) is 35.4 Å². The Bertz CT molecular complexity index is 758. The van der Waals surface area contributed by atoms with E-state index in [1.54, 1.807) is 11.8 Å². The summed E-state index contributed by atoms with van der Waals surface area (Å²) in [5, 5.41) is 6.34. The molecule has 1 atom stereocenters. The third-order valence-electron chi connectivity index (χ3n) is 4.61. The Kier molecular flexibility index (Phi) is 5.76. The first-order chi connectivity index (χ1) is 12.0. The predicted molar refractivity (Wildman–Crippen MR) is 103 cm³/mol. The molecule has 25 heavy (non-hydrogen) atoms. The molecular weight excluding hydrogens is 330 g/mol. The van der Waals surface area contributed by atoms with Crippen LogP contribution in [0.5, 0.6) is 0 Å². The van der Waals surface area contributed by atoms with E-state index in [0.717, 1.165) is 30.1 Å². The number of benzene rings is 1. The van der Waals surface area contributed by atoms with Crippen molar-refractivity contribution >= 4 is 17.7 Å². The lowest BCUT2D eigenvalue weighted by Gasteiger charge is -2.22. The van der Waals surface area contributed by atoms with Gasteiger partial charge in [0.25, 0.3) is 0 Å². The summed E-state index contributed by atoms with van der Waals surface area (Å²) in [6, 6.07) is 8.29. The fraction of sp³-hybridized carbons (Fsp3) is 0.400. The number of carbonyl (C=O) groups is 1. The number of aryl methyl sites for hydroxylation is 2. The Morgan fingerprint density at radius 1 is 1.32 bits per heavy atom. The van der Waals surface area contributed by atoms with Gasteiger partial charge >= 0.3 is 0 Å². The van der Waals surface area contributed by atoms with Crippen LogP contribution in [0.25, 0.3) is 0 Å². The van der Waals surface area contributed by atoms with Crippen LogP contribution < -0.4 is 10.6 Å². The summed E-state index contributed by atoms with van der Waals surface area (Å²) < 4.78 is 0. The molecule has 2 N–H and O–H groups in total. The second-order valence-electron chi connectivity index (χ2n) is 6.54. The number of rotatable bonds is 5. The number of pyridine rings is 1. The average Bonchev–Trinajstić information content (AvgIpc) is 2.62. The summed E-state index contributed by atoms with van der Waals surface area (Å²) in [5.41, 5.74) is 6.03. The van der Waals surface area contributed by atoms with Gasteiger partial charge in [-0.15, -0.1) is 11.8 Å². The minimum absolute atomic E-state index is 0.0662. The molecule has 1 aliphatic rings. The van der Waals surface area contributed by atoms with Gasteiger partial charge in [-0.05, 0) is 62.6 Å². The van der Waals surface area contributed by atoms with Gasteiger partial charge < -0.3 is 10.6 Å². The van der Waals surface area contributed by atoms with Crippen molar-refractivity contribution in [2.24, 2.45) is 0 Å². The van der Waals surface area contributed by atoms with Crippen molar-refractivity contribution in [1.82, 2.24) is 15.6 Å². The van der Waals surface area contributed by atoms with Gasteiger partial charge in [0, 0.05) is 29.9 Å². The number of thioether (sulfide) groups is 1. The Hall–Kier alpha value is -1.85. The fourth-order valence-corrected chi connectivity index (χ4v) is 3.96. The van der Waals surface area contributed by atoms with Crippen LogP contribution >= 0.6 is 11.8 Å². The van der Waals surface area contributed by atoms with E-state index in [1.165, 1.54) is 22.3 Å². The average molecular weight is 356 g/mol. The lowest BCUT2D eigenvalue weighted by Crippen LogP contribution is -2.32. The first-order valence-electron chi connectivity index (χ1n) is 8.72. The van der Waals surface area contributed by atoms with Crippen molar-refractivity contribution in [1.29, 1.82) is 0 Å². The van der Waals surface area contributed by atoms with Gasteiger partial charge in [-0.3, -0.25) is 9.78 Å². The lowest BCUT2D eigenvalue weighted by molar-refractivity contribution is -0.120. The number of nitrogens with zero attached hydrogens (tertiary/aromatic N) is 1. The van der Waals surface area contributed by atoms with E-state index < -0.39 is 0 Å². The van der Waals surface area contributed by atoms with Crippen molar-refractivity contribution in [3.63, 3.8) is 0 Å². The maximum Gasteiger partial charge on any atom is 0.233 e. The first-order valence-corrected chi connectivity index (χ1v) is 9.60. The van der Waals surface area contributed by atoms with Gasteiger partial charge in [-0.25, -0.2) is 0 Å². The molecule has 2 heterocycles. The molecule has 0 bridgehead atoms. The summed E-state index contributed by atoms with van der Waals surface area (Å²) in [7, 11) is 0. The van der Waals surface area contributed by atoms with Crippen LogP contribution in [-0.4, -0.2) is 22.7 Å². The molecule has 1 aromatic carbocycles. The van der Waals surface area contributed by atoms with Crippen LogP contribution in [0.3, 0.4) is 0 Å². The molecule has 3 rings (SSSR count). The molecular formula is C20H25N3OS. The Balaban J connectivity index is 1.63. The van der Waals surface area contributed by atoms with Crippen LogP contribution in [0.2, 0.25) is 0 Å². The van der Waals surface area contributed by atoms with Crippen LogP contribution in [0.1, 0.15) is 34.9 Å². The highest BCUT2D eigenvalue weighted by Gasteiger charge is 2.18. The van der Waals surface area contributed by atoms with Crippen LogP contribution in [-0.2, 0) is 24.3 Å². The van der Waals surface area contributed by atoms with Gasteiger partial charge in [-0.2, -0.15) is 0 Å². The zero-order chi connectivity index (χ0) is 17.8. The molecule has 0 unspecified atom stereocenters. The SMILES string of the molecule is Cc1ccc(S[C@@H](C)C(=O)NCc2c(C)ncc3c2CCNC3)cc1. The lowest BCUT2D eigenvalue weighted by atomic mass is 9.96. The van der Waals surface area contributed by atoms with Crippen LogP contribution in [0, 0.1) is 13.8 Å². The Morgan fingerprint density at radius 3 is 2.84 bits per heavy atom. The molecule has 1 aliphatic heterocycles. The predicted octanol–water partition coefficient (Wildman–Crippen LogP) is 3.14. The molecule has 0 saturated heterocycles. The standard InChI is InChI=1S/C20H25N3OS/c1-13-4-6-17(7-5-13)25-15(3)20(24)23-12-19-14(2)22-11-16-10-21-9-8-18(16)19/h4-7,11,15,21H,8-10,12H2,1-3H3,(H,23,24)/t15-/m0/s1. The number of aromatic nitrogens is 1. The number of carbonyl (C=O) groups excluding carboxylic acids is 1. The summed E-state index contributed by atoms with van der Waals surface area (Å²) in [4.78, 5) is 18.1. The van der Waals surface area contributed by atoms with Gasteiger partial charge in [0.15, 0.2) is 0 Å². The van der Waals surface area contributed by atoms with Crippen molar-refractivity contribution in [2.75, 3.05) is 6.54 Å². The normalized spacial score (nSPS) is 14.7. The highest BCUT2D eigenvalue weighted by molar-refractivity contribution is 8.00. The van der Waals surface area contributed by atoms with E-state index in [0.29, 0.717) is 6.54 Å². The molecule has 1 aromatic heterocycles. The van der Waals surface area contributed by atoms with E-state index in [4.69, 9.17) is 0 Å². The quantitative estimate of drug-likeness (QED) is 0.809. The monoisotopic (exact) mass is 355 g/mol. The number of amides is 1.